The first-order valence-corrected chi connectivity index (χ1v) is 6.58. The number of carboxylic acids is 1. The van der Waals surface area contributed by atoms with Crippen LogP contribution in [0.2, 0.25) is 0 Å². The zero-order valence-electron chi connectivity index (χ0n) is 11.9. The third-order valence-corrected chi connectivity index (χ3v) is 3.42. The molecule has 0 fully saturated rings. The molecular formula is C17H16F2O2. The number of carboxylic acid groups (broad SMARTS) is 1. The number of benzene rings is 2. The van der Waals surface area contributed by atoms with Gasteiger partial charge in [0.2, 0.25) is 0 Å². The number of hydrogen-bond acceptors (Lipinski definition) is 1. The molecule has 0 bridgehead atoms. The third kappa shape index (κ3) is 3.27. The third-order valence-electron chi connectivity index (χ3n) is 3.42. The van der Waals surface area contributed by atoms with Crippen LogP contribution in [0, 0.1) is 17.0 Å². The predicted molar refractivity (Wildman–Crippen MR) is 76.9 cm³/mol. The van der Waals surface area contributed by atoms with Crippen LogP contribution in [-0.2, 0) is 11.2 Å². The number of halogens is 2. The largest absolute Gasteiger partial charge is 0.481 e. The highest BCUT2D eigenvalue weighted by Crippen LogP contribution is 2.29. The zero-order chi connectivity index (χ0) is 15.6. The van der Waals surface area contributed by atoms with E-state index in [1.807, 2.05) is 0 Å². The molecule has 110 valence electrons. The summed E-state index contributed by atoms with van der Waals surface area (Å²) in [5.74, 6) is -1.97. The van der Waals surface area contributed by atoms with Crippen molar-refractivity contribution in [1.29, 1.82) is 0 Å². The van der Waals surface area contributed by atoms with Crippen LogP contribution in [0.4, 0.5) is 8.78 Å². The molecule has 0 amide bonds. The van der Waals surface area contributed by atoms with E-state index in [4.69, 9.17) is 5.11 Å². The van der Waals surface area contributed by atoms with Crippen molar-refractivity contribution in [2.75, 3.05) is 0 Å². The first-order chi connectivity index (χ1) is 9.81. The van der Waals surface area contributed by atoms with Crippen LogP contribution in [0.3, 0.4) is 0 Å². The number of carbonyl (C=O) groups is 1. The average molecular weight is 290 g/mol. The lowest BCUT2D eigenvalue weighted by Gasteiger charge is -2.19. The molecule has 2 aromatic carbocycles. The van der Waals surface area contributed by atoms with E-state index < -0.39 is 23.0 Å². The minimum atomic E-state index is -0.968. The summed E-state index contributed by atoms with van der Waals surface area (Å²) in [6.45, 7) is 3.20. The van der Waals surface area contributed by atoms with Crippen molar-refractivity contribution in [2.24, 2.45) is 5.41 Å². The lowest BCUT2D eigenvalue weighted by atomic mass is 9.85. The maximum atomic E-state index is 13.9. The fourth-order valence-electron chi connectivity index (χ4n) is 2.15. The number of hydrogen-bond donors (Lipinski definition) is 1. The Hall–Kier alpha value is -2.23. The highest BCUT2D eigenvalue weighted by atomic mass is 19.1. The molecule has 0 aromatic heterocycles. The van der Waals surface area contributed by atoms with Crippen LogP contribution >= 0.6 is 0 Å². The van der Waals surface area contributed by atoms with Gasteiger partial charge in [0.25, 0.3) is 0 Å². The number of aliphatic carboxylic acids is 1. The van der Waals surface area contributed by atoms with Crippen molar-refractivity contribution < 1.29 is 18.7 Å². The molecule has 2 aromatic rings. The van der Waals surface area contributed by atoms with Gasteiger partial charge in [0.1, 0.15) is 11.6 Å². The Balaban J connectivity index is 2.44. The van der Waals surface area contributed by atoms with E-state index >= 15 is 0 Å². The van der Waals surface area contributed by atoms with Gasteiger partial charge in [-0.15, -0.1) is 0 Å². The van der Waals surface area contributed by atoms with Gasteiger partial charge >= 0.3 is 5.97 Å². The van der Waals surface area contributed by atoms with Crippen molar-refractivity contribution in [3.8, 4) is 11.1 Å². The maximum Gasteiger partial charge on any atom is 0.309 e. The Kier molecular flexibility index (Phi) is 4.07. The van der Waals surface area contributed by atoms with Crippen LogP contribution in [0.15, 0.2) is 42.5 Å². The quantitative estimate of drug-likeness (QED) is 0.912. The minimum absolute atomic E-state index is 0.145. The van der Waals surface area contributed by atoms with Crippen molar-refractivity contribution in [3.05, 3.63) is 59.7 Å². The SMILES string of the molecule is CC(C)(Cc1ccc(F)c(-c2ccccc2F)c1)C(=O)O. The molecule has 2 nitrogen and oxygen atoms in total. The fraction of sp³-hybridized carbons (Fsp3) is 0.235. The summed E-state index contributed by atoms with van der Waals surface area (Å²) in [6, 6.07) is 10.2. The summed E-state index contributed by atoms with van der Waals surface area (Å²) in [5.41, 5.74) is 0.00321. The molecule has 0 spiro atoms. The summed E-state index contributed by atoms with van der Waals surface area (Å²) >= 11 is 0. The Morgan fingerprint density at radius 2 is 1.67 bits per heavy atom. The van der Waals surface area contributed by atoms with Crippen molar-refractivity contribution in [2.45, 2.75) is 20.3 Å². The van der Waals surface area contributed by atoms with Gasteiger partial charge in [-0.05, 0) is 44.0 Å². The van der Waals surface area contributed by atoms with Crippen LogP contribution in [0.1, 0.15) is 19.4 Å². The molecule has 21 heavy (non-hydrogen) atoms. The normalized spacial score (nSPS) is 11.4. The highest BCUT2D eigenvalue weighted by Gasteiger charge is 2.27. The Bertz CT molecular complexity index is 678. The summed E-state index contributed by atoms with van der Waals surface area (Å²) in [6.07, 6.45) is 0.240. The molecule has 0 atom stereocenters. The van der Waals surface area contributed by atoms with Crippen LogP contribution in [0.5, 0.6) is 0 Å². The maximum absolute atomic E-state index is 13.9. The van der Waals surface area contributed by atoms with Gasteiger partial charge in [0.05, 0.1) is 5.41 Å². The molecule has 0 aliphatic heterocycles. The predicted octanol–water partition coefficient (Wildman–Crippen LogP) is 4.29. The van der Waals surface area contributed by atoms with E-state index in [2.05, 4.69) is 0 Å². The molecule has 0 saturated heterocycles. The van der Waals surface area contributed by atoms with Gasteiger partial charge in [0, 0.05) is 11.1 Å². The van der Waals surface area contributed by atoms with Gasteiger partial charge in [-0.2, -0.15) is 0 Å². The highest BCUT2D eigenvalue weighted by molar-refractivity contribution is 5.74. The second-order valence-corrected chi connectivity index (χ2v) is 5.66. The summed E-state index contributed by atoms with van der Waals surface area (Å²) < 4.78 is 27.7. The Labute approximate surface area is 122 Å². The Morgan fingerprint density at radius 1 is 1.05 bits per heavy atom. The van der Waals surface area contributed by atoms with Crippen LogP contribution in [-0.4, -0.2) is 11.1 Å². The molecule has 0 aliphatic carbocycles. The van der Waals surface area contributed by atoms with Gasteiger partial charge < -0.3 is 5.11 Å². The first-order valence-electron chi connectivity index (χ1n) is 6.58. The van der Waals surface area contributed by atoms with E-state index in [9.17, 15) is 13.6 Å². The molecule has 1 N–H and O–H groups in total. The molecule has 4 heteroatoms. The fourth-order valence-corrected chi connectivity index (χ4v) is 2.15. The summed E-state index contributed by atoms with van der Waals surface area (Å²) in [5, 5.41) is 9.15. The molecule has 0 heterocycles. The second-order valence-electron chi connectivity index (χ2n) is 5.66. The van der Waals surface area contributed by atoms with E-state index in [0.717, 1.165) is 0 Å². The smallest absolute Gasteiger partial charge is 0.309 e. The van der Waals surface area contributed by atoms with E-state index in [0.29, 0.717) is 5.56 Å². The monoisotopic (exact) mass is 290 g/mol. The second kappa shape index (κ2) is 5.64. The van der Waals surface area contributed by atoms with Gasteiger partial charge in [-0.25, -0.2) is 8.78 Å². The van der Waals surface area contributed by atoms with Gasteiger partial charge in [0.15, 0.2) is 0 Å². The minimum Gasteiger partial charge on any atom is -0.481 e. The number of rotatable bonds is 4. The molecule has 0 unspecified atom stereocenters. The van der Waals surface area contributed by atoms with Gasteiger partial charge in [-0.1, -0.05) is 24.3 Å². The van der Waals surface area contributed by atoms with Crippen LogP contribution in [0.25, 0.3) is 11.1 Å². The molecular weight excluding hydrogens is 274 g/mol. The zero-order valence-corrected chi connectivity index (χ0v) is 11.9. The van der Waals surface area contributed by atoms with E-state index in [-0.39, 0.29) is 17.5 Å². The topological polar surface area (TPSA) is 37.3 Å². The Morgan fingerprint density at radius 3 is 2.29 bits per heavy atom. The average Bonchev–Trinajstić information content (AvgIpc) is 2.41. The lowest BCUT2D eigenvalue weighted by Crippen LogP contribution is -2.26. The molecule has 0 saturated carbocycles. The summed E-state index contributed by atoms with van der Waals surface area (Å²) in [7, 11) is 0. The van der Waals surface area contributed by atoms with Crippen molar-refractivity contribution in [1.82, 2.24) is 0 Å². The van der Waals surface area contributed by atoms with Crippen molar-refractivity contribution in [3.63, 3.8) is 0 Å². The molecule has 0 radical (unpaired) electrons. The lowest BCUT2D eigenvalue weighted by molar-refractivity contribution is -0.146. The molecule has 2 rings (SSSR count). The van der Waals surface area contributed by atoms with Gasteiger partial charge in [-0.3, -0.25) is 4.79 Å². The van der Waals surface area contributed by atoms with E-state index in [1.165, 1.54) is 36.4 Å². The standard InChI is InChI=1S/C17H16F2O2/c1-17(2,16(20)21)10-11-7-8-15(19)13(9-11)12-5-3-4-6-14(12)18/h3-9H,10H2,1-2H3,(H,20,21). The molecule has 0 aliphatic rings. The van der Waals surface area contributed by atoms with Crippen molar-refractivity contribution >= 4 is 5.97 Å². The first kappa shape index (κ1) is 15.2. The summed E-state index contributed by atoms with van der Waals surface area (Å²) in [4.78, 5) is 11.2. The van der Waals surface area contributed by atoms with Crippen LogP contribution < -0.4 is 0 Å². The van der Waals surface area contributed by atoms with E-state index in [1.54, 1.807) is 19.9 Å².